The lowest BCUT2D eigenvalue weighted by Crippen LogP contribution is -2.40. The fraction of sp³-hybridized carbons (Fsp3) is 0.346. The minimum Gasteiger partial charge on any atom is -0.479 e. The fourth-order valence-corrected chi connectivity index (χ4v) is 5.36. The van der Waals surface area contributed by atoms with Gasteiger partial charge >= 0.3 is 12.1 Å². The van der Waals surface area contributed by atoms with Crippen LogP contribution >= 0.6 is 23.2 Å². The smallest absolute Gasteiger partial charge is 0.433 e. The summed E-state index contributed by atoms with van der Waals surface area (Å²) >= 11 is 12.1. The van der Waals surface area contributed by atoms with Gasteiger partial charge in [0, 0.05) is 25.4 Å². The zero-order chi connectivity index (χ0) is 30.1. The molecule has 8 nitrogen and oxygen atoms in total. The van der Waals surface area contributed by atoms with E-state index in [0.29, 0.717) is 10.9 Å². The van der Waals surface area contributed by atoms with Crippen molar-refractivity contribution >= 4 is 40.9 Å². The topological polar surface area (TPSA) is 105 Å². The van der Waals surface area contributed by atoms with Crippen LogP contribution in [0.5, 0.6) is 0 Å². The number of rotatable bonds is 8. The van der Waals surface area contributed by atoms with Crippen LogP contribution in [0.1, 0.15) is 63.7 Å². The Morgan fingerprint density at radius 2 is 1.73 bits per heavy atom. The van der Waals surface area contributed by atoms with Gasteiger partial charge in [0.15, 0.2) is 11.5 Å². The molecule has 2 aromatic heterocycles. The molecule has 2 heterocycles. The molecule has 1 saturated carbocycles. The number of benzene rings is 1. The normalized spacial score (nSPS) is 19.1. The lowest BCUT2D eigenvalue weighted by atomic mass is 9.83. The molecule has 0 aliphatic heterocycles. The first kappa shape index (κ1) is 30.4. The Bertz CT molecular complexity index is 1460. The average Bonchev–Trinajstić information content (AvgIpc) is 3.35. The summed E-state index contributed by atoms with van der Waals surface area (Å²) in [7, 11) is 0. The molecule has 0 saturated heterocycles. The van der Waals surface area contributed by atoms with E-state index in [1.54, 1.807) is 0 Å². The molecule has 4 rings (SSSR count). The number of carbonyl (C=O) groups is 3. The van der Waals surface area contributed by atoms with Gasteiger partial charge in [-0.25, -0.2) is 13.6 Å². The lowest BCUT2D eigenvalue weighted by Gasteiger charge is -2.32. The predicted molar refractivity (Wildman–Crippen MR) is 136 cm³/mol. The average molecular weight is 619 g/mol. The van der Waals surface area contributed by atoms with Gasteiger partial charge in [-0.2, -0.15) is 18.3 Å². The minimum atomic E-state index is -5.16. The molecule has 2 unspecified atom stereocenters. The molecule has 1 amide bonds. The molecule has 0 bridgehead atoms. The molecule has 1 fully saturated rings. The molecule has 1 aromatic carbocycles. The van der Waals surface area contributed by atoms with E-state index in [4.69, 9.17) is 23.2 Å². The van der Waals surface area contributed by atoms with E-state index in [9.17, 15) is 41.4 Å². The highest BCUT2D eigenvalue weighted by Gasteiger charge is 2.48. The number of hydrogen-bond acceptors (Lipinski definition) is 5. The summed E-state index contributed by atoms with van der Waals surface area (Å²) in [4.78, 5) is 42.8. The number of alkyl halides is 4. The molecule has 1 N–H and O–H groups in total. The Morgan fingerprint density at radius 1 is 1.10 bits per heavy atom. The Balaban J connectivity index is 1.74. The third kappa shape index (κ3) is 6.51. The van der Waals surface area contributed by atoms with Crippen molar-refractivity contribution in [3.63, 3.8) is 0 Å². The highest BCUT2D eigenvalue weighted by atomic mass is 35.5. The molecule has 2 atom stereocenters. The number of carbonyl (C=O) groups excluding carboxylic acids is 2. The van der Waals surface area contributed by atoms with Gasteiger partial charge in [0.05, 0.1) is 40.0 Å². The Labute approximate surface area is 239 Å². The summed E-state index contributed by atoms with van der Waals surface area (Å²) in [5, 5.41) is 12.7. The van der Waals surface area contributed by atoms with Crippen molar-refractivity contribution in [2.45, 2.75) is 50.1 Å². The maximum absolute atomic E-state index is 14.9. The van der Waals surface area contributed by atoms with Crippen molar-refractivity contribution in [1.29, 1.82) is 0 Å². The summed E-state index contributed by atoms with van der Waals surface area (Å²) in [6, 6.07) is 3.42. The van der Waals surface area contributed by atoms with Crippen LogP contribution in [0, 0.1) is 5.82 Å². The third-order valence-electron chi connectivity index (χ3n) is 6.73. The monoisotopic (exact) mass is 618 g/mol. The van der Waals surface area contributed by atoms with Gasteiger partial charge in [-0.1, -0.05) is 35.3 Å². The van der Waals surface area contributed by atoms with Crippen molar-refractivity contribution in [3.05, 3.63) is 81.1 Å². The molecule has 15 heteroatoms. The van der Waals surface area contributed by atoms with E-state index in [2.05, 4.69) is 10.1 Å². The number of aromatic nitrogens is 3. The number of Topliss-reactive ketones (excluding diaryl/α,β-unsaturated/α-hetero) is 1. The molecule has 0 spiro atoms. The highest BCUT2D eigenvalue weighted by molar-refractivity contribution is 6.39. The Hall–Kier alpha value is -3.58. The van der Waals surface area contributed by atoms with Gasteiger partial charge in [0.25, 0.3) is 5.91 Å². The molecule has 1 aliphatic rings. The van der Waals surface area contributed by atoms with Crippen LogP contribution in [0.2, 0.25) is 10.0 Å². The van der Waals surface area contributed by atoms with Crippen molar-refractivity contribution in [1.82, 2.24) is 19.7 Å². The summed E-state index contributed by atoms with van der Waals surface area (Å²) in [5.41, 5.74) is -5.13. The number of ketones is 1. The van der Waals surface area contributed by atoms with Gasteiger partial charge in [0.1, 0.15) is 5.82 Å². The van der Waals surface area contributed by atoms with Crippen LogP contribution in [-0.4, -0.2) is 54.6 Å². The van der Waals surface area contributed by atoms with Gasteiger partial charge in [-0.05, 0) is 37.0 Å². The Kier molecular flexibility index (Phi) is 8.69. The molecule has 218 valence electrons. The molecule has 1 aliphatic carbocycles. The molecule has 41 heavy (non-hydrogen) atoms. The molecule has 3 aromatic rings. The zero-order valence-electron chi connectivity index (χ0n) is 21.0. The van der Waals surface area contributed by atoms with E-state index in [1.807, 2.05) is 0 Å². The van der Waals surface area contributed by atoms with Gasteiger partial charge in [-0.3, -0.25) is 19.3 Å². The first-order valence-corrected chi connectivity index (χ1v) is 12.9. The summed E-state index contributed by atoms with van der Waals surface area (Å²) < 4.78 is 72.0. The first-order chi connectivity index (χ1) is 19.2. The Morgan fingerprint density at radius 3 is 2.32 bits per heavy atom. The maximum atomic E-state index is 14.9. The van der Waals surface area contributed by atoms with E-state index in [1.165, 1.54) is 12.1 Å². The second kappa shape index (κ2) is 11.7. The van der Waals surface area contributed by atoms with Gasteiger partial charge in [-0.15, -0.1) is 0 Å². The summed E-state index contributed by atoms with van der Waals surface area (Å²) in [5.74, 6) is -4.47. The van der Waals surface area contributed by atoms with E-state index in [-0.39, 0.29) is 40.4 Å². The number of hydrogen-bond donors (Lipinski definition) is 1. The summed E-state index contributed by atoms with van der Waals surface area (Å²) in [6.45, 7) is -1.19. The van der Waals surface area contributed by atoms with Crippen molar-refractivity contribution < 1.29 is 41.4 Å². The van der Waals surface area contributed by atoms with Crippen LogP contribution in [0.25, 0.3) is 0 Å². The number of carboxylic acid groups (broad SMARTS) is 1. The maximum Gasteiger partial charge on any atom is 0.433 e. The summed E-state index contributed by atoms with van der Waals surface area (Å²) in [6.07, 6.45) is -3.44. The number of pyridine rings is 1. The standard InChI is InChI=1S/C26H21Cl2F5N4O4/c27-18-10-34-11-19(28)21(18)20(38)13-36(12-14-3-5-15(29)6-4-14)23(39)17-9-35-37(22(17)26(31,32)33)16-2-1-7-25(30,8-16)24(40)41/h3-6,9-11,16H,1-2,7-8,12-13H2,(H,40,41). The molecule has 0 radical (unpaired) electrons. The second-order valence-corrected chi connectivity index (χ2v) is 10.4. The third-order valence-corrected chi connectivity index (χ3v) is 7.31. The van der Waals surface area contributed by atoms with Gasteiger partial charge in [0.2, 0.25) is 5.67 Å². The van der Waals surface area contributed by atoms with Crippen LogP contribution < -0.4 is 0 Å². The first-order valence-electron chi connectivity index (χ1n) is 12.1. The van der Waals surface area contributed by atoms with Gasteiger partial charge < -0.3 is 10.0 Å². The van der Waals surface area contributed by atoms with Crippen LogP contribution in [0.4, 0.5) is 22.0 Å². The van der Waals surface area contributed by atoms with Crippen molar-refractivity contribution in [2.24, 2.45) is 0 Å². The number of amides is 1. The van der Waals surface area contributed by atoms with Crippen LogP contribution in [-0.2, 0) is 17.5 Å². The minimum absolute atomic E-state index is 0.00579. The quantitative estimate of drug-likeness (QED) is 0.239. The number of nitrogens with zero attached hydrogens (tertiary/aromatic N) is 4. The molecular formula is C26H21Cl2F5N4O4. The van der Waals surface area contributed by atoms with Crippen LogP contribution in [0.15, 0.2) is 42.9 Å². The second-order valence-electron chi connectivity index (χ2n) is 9.56. The van der Waals surface area contributed by atoms with E-state index < -0.39 is 72.1 Å². The number of carboxylic acids is 1. The lowest BCUT2D eigenvalue weighted by molar-refractivity contribution is -0.155. The van der Waals surface area contributed by atoms with Crippen LogP contribution in [0.3, 0.4) is 0 Å². The number of halogens is 7. The highest BCUT2D eigenvalue weighted by Crippen LogP contribution is 2.42. The van der Waals surface area contributed by atoms with E-state index >= 15 is 0 Å². The largest absolute Gasteiger partial charge is 0.479 e. The predicted octanol–water partition coefficient (Wildman–Crippen LogP) is 6.18. The SMILES string of the molecule is O=C(CN(Cc1ccc(F)cc1)C(=O)c1cnn(C2CCCC(F)(C(=O)O)C2)c1C(F)(F)F)c1c(Cl)cncc1Cl. The van der Waals surface area contributed by atoms with Crippen molar-refractivity contribution in [2.75, 3.05) is 6.54 Å². The number of aliphatic carboxylic acids is 1. The van der Waals surface area contributed by atoms with Crippen molar-refractivity contribution in [3.8, 4) is 0 Å². The fourth-order valence-electron chi connectivity index (χ4n) is 4.79. The zero-order valence-corrected chi connectivity index (χ0v) is 22.5. The van der Waals surface area contributed by atoms with E-state index in [0.717, 1.165) is 29.4 Å². The molecular weight excluding hydrogens is 598 g/mol.